The van der Waals surface area contributed by atoms with Crippen molar-refractivity contribution in [2.45, 2.75) is 6.42 Å². The van der Waals surface area contributed by atoms with Crippen LogP contribution in [0.25, 0.3) is 21.7 Å². The Morgan fingerprint density at radius 2 is 1.44 bits per heavy atom. The van der Waals surface area contributed by atoms with Crippen molar-refractivity contribution in [2.75, 3.05) is 14.2 Å². The normalized spacial score (nSPS) is 9.69. The maximum absolute atomic E-state index is 10.2. The summed E-state index contributed by atoms with van der Waals surface area (Å²) in [6, 6.07) is 25.6. The standard InChI is InChI=1S/C17H14NO2S.C8H7O2.Y/c1-19-14-7-3-12(4-8-14)16-17(21-11-18-16)13-5-9-15(20-2)10-6-13;9-8(10)6-7-4-2-1-3-5-7;/h3-10H,1-2H3;2-5H,6H2,(H,9,10);/q2*-1;. The molecule has 32 heavy (non-hydrogen) atoms. The van der Waals surface area contributed by atoms with E-state index in [9.17, 15) is 4.79 Å². The minimum absolute atomic E-state index is 0. The van der Waals surface area contributed by atoms with Crippen molar-refractivity contribution in [1.29, 1.82) is 0 Å². The number of carboxylic acids is 1. The smallest absolute Gasteiger partial charge is 0.305 e. The minimum atomic E-state index is -0.800. The quantitative estimate of drug-likeness (QED) is 0.345. The fourth-order valence-electron chi connectivity index (χ4n) is 2.81. The van der Waals surface area contributed by atoms with Crippen molar-refractivity contribution in [1.82, 2.24) is 4.98 Å². The van der Waals surface area contributed by atoms with E-state index in [2.05, 4.69) is 16.6 Å². The average Bonchev–Trinajstić information content (AvgIpc) is 3.30. The van der Waals surface area contributed by atoms with Crippen molar-refractivity contribution in [2.24, 2.45) is 0 Å². The summed E-state index contributed by atoms with van der Waals surface area (Å²) in [7, 11) is 3.33. The SMILES string of the molecule is COc1ccc(-c2n[c-]sc2-c2ccc(OC)cc2)cc1.O=C(O)Cc1cc[c-]cc1.[Y]. The van der Waals surface area contributed by atoms with Crippen molar-refractivity contribution in [3.63, 3.8) is 0 Å². The summed E-state index contributed by atoms with van der Waals surface area (Å²) in [4.78, 5) is 15.6. The maximum Gasteiger partial charge on any atom is 0.305 e. The van der Waals surface area contributed by atoms with Gasteiger partial charge in [0.05, 0.1) is 14.2 Å². The van der Waals surface area contributed by atoms with Gasteiger partial charge in [0, 0.05) is 39.1 Å². The van der Waals surface area contributed by atoms with Gasteiger partial charge in [0.2, 0.25) is 0 Å². The van der Waals surface area contributed by atoms with E-state index in [4.69, 9.17) is 14.6 Å². The number of carboxylic acid groups (broad SMARTS) is 1. The third kappa shape index (κ3) is 7.26. The summed E-state index contributed by atoms with van der Waals surface area (Å²) < 4.78 is 10.4. The zero-order chi connectivity index (χ0) is 22.1. The first-order valence-electron chi connectivity index (χ1n) is 9.43. The Morgan fingerprint density at radius 3 is 1.94 bits per heavy atom. The van der Waals surface area contributed by atoms with E-state index in [1.165, 1.54) is 11.3 Å². The van der Waals surface area contributed by atoms with E-state index < -0.39 is 5.97 Å². The molecule has 0 spiro atoms. The van der Waals surface area contributed by atoms with Crippen LogP contribution in [0.5, 0.6) is 11.5 Å². The van der Waals surface area contributed by atoms with Crippen molar-refractivity contribution < 1.29 is 52.1 Å². The van der Waals surface area contributed by atoms with E-state index in [0.717, 1.165) is 38.8 Å². The molecule has 4 aromatic rings. The third-order valence-corrected chi connectivity index (χ3v) is 5.19. The molecule has 0 atom stereocenters. The molecule has 0 bridgehead atoms. The molecular weight excluding hydrogens is 499 g/mol. The van der Waals surface area contributed by atoms with Crippen LogP contribution >= 0.6 is 11.3 Å². The number of thiazole rings is 1. The van der Waals surface area contributed by atoms with E-state index in [0.29, 0.717) is 0 Å². The van der Waals surface area contributed by atoms with Crippen molar-refractivity contribution in [3.8, 4) is 33.2 Å². The Balaban J connectivity index is 0.000000280. The van der Waals surface area contributed by atoms with Crippen LogP contribution in [-0.2, 0) is 43.9 Å². The molecule has 0 aliphatic carbocycles. The van der Waals surface area contributed by atoms with Gasteiger partial charge < -0.3 is 19.6 Å². The first-order valence-corrected chi connectivity index (χ1v) is 10.2. The van der Waals surface area contributed by atoms with Crippen LogP contribution in [0.15, 0.2) is 72.8 Å². The summed E-state index contributed by atoms with van der Waals surface area (Å²) in [5.74, 6) is 0.883. The molecule has 161 valence electrons. The van der Waals surface area contributed by atoms with Gasteiger partial charge in [-0.05, 0) is 29.8 Å². The Kier molecular flexibility index (Phi) is 10.5. The molecule has 0 aliphatic heterocycles. The Morgan fingerprint density at radius 1 is 0.906 bits per heavy atom. The van der Waals surface area contributed by atoms with Crippen molar-refractivity contribution >= 4 is 17.3 Å². The molecule has 5 nitrogen and oxygen atoms in total. The van der Waals surface area contributed by atoms with Gasteiger partial charge in [0.1, 0.15) is 11.5 Å². The molecule has 1 radical (unpaired) electrons. The number of ether oxygens (including phenoxy) is 2. The number of carbonyl (C=O) groups is 1. The summed E-state index contributed by atoms with van der Waals surface area (Å²) in [6.45, 7) is 0. The summed E-state index contributed by atoms with van der Waals surface area (Å²) in [5, 5.41) is 8.36. The molecule has 3 aromatic carbocycles. The second kappa shape index (κ2) is 13.1. The predicted octanol–water partition coefficient (Wildman–Crippen LogP) is 5.41. The second-order valence-corrected chi connectivity index (χ2v) is 7.21. The number of methoxy groups -OCH3 is 2. The number of aromatic nitrogens is 1. The molecule has 1 heterocycles. The minimum Gasteiger partial charge on any atom is -0.497 e. The average molecular weight is 520 g/mol. The molecule has 4 rings (SSSR count). The molecule has 0 saturated heterocycles. The number of hydrogen-bond donors (Lipinski definition) is 1. The zero-order valence-electron chi connectivity index (χ0n) is 17.7. The van der Waals surface area contributed by atoms with Crippen LogP contribution in [0.3, 0.4) is 0 Å². The molecule has 0 fully saturated rings. The molecule has 7 heteroatoms. The van der Waals surface area contributed by atoms with Gasteiger partial charge in [-0.3, -0.25) is 16.1 Å². The van der Waals surface area contributed by atoms with Crippen LogP contribution in [0.4, 0.5) is 0 Å². The topological polar surface area (TPSA) is 68.7 Å². The number of rotatable bonds is 6. The Bertz CT molecular complexity index is 1040. The Labute approximate surface area is 216 Å². The first kappa shape index (κ1) is 25.7. The third-order valence-electron chi connectivity index (χ3n) is 4.38. The molecule has 1 aromatic heterocycles. The van der Waals surface area contributed by atoms with Gasteiger partial charge in [0.25, 0.3) is 0 Å². The van der Waals surface area contributed by atoms with Gasteiger partial charge in [-0.2, -0.15) is 30.3 Å². The molecule has 1 N–H and O–H groups in total. The number of aliphatic carboxylic acids is 1. The van der Waals surface area contributed by atoms with Crippen LogP contribution in [0, 0.1) is 11.6 Å². The fourth-order valence-corrected chi connectivity index (χ4v) is 3.55. The summed E-state index contributed by atoms with van der Waals surface area (Å²) in [6.07, 6.45) is 0.0919. The maximum atomic E-state index is 10.2. The van der Waals surface area contributed by atoms with E-state index >= 15 is 0 Å². The number of nitrogens with zero attached hydrogens (tertiary/aromatic N) is 1. The van der Waals surface area contributed by atoms with E-state index in [-0.39, 0.29) is 39.1 Å². The van der Waals surface area contributed by atoms with Gasteiger partial charge in [-0.15, -0.1) is 5.56 Å². The molecule has 0 aliphatic rings. The molecule has 0 unspecified atom stereocenters. The van der Waals surface area contributed by atoms with Crippen LogP contribution < -0.4 is 9.47 Å². The van der Waals surface area contributed by atoms with Gasteiger partial charge >= 0.3 is 5.97 Å². The van der Waals surface area contributed by atoms with Crippen LogP contribution in [0.2, 0.25) is 0 Å². The summed E-state index contributed by atoms with van der Waals surface area (Å²) in [5.41, 5.74) is 6.90. The summed E-state index contributed by atoms with van der Waals surface area (Å²) >= 11 is 1.51. The number of hydrogen-bond acceptors (Lipinski definition) is 5. The van der Waals surface area contributed by atoms with Gasteiger partial charge in [-0.25, -0.2) is 0 Å². The van der Waals surface area contributed by atoms with E-state index in [1.54, 1.807) is 38.5 Å². The molecular formula is C25H21NO4SY-2. The largest absolute Gasteiger partial charge is 0.497 e. The molecule has 0 amide bonds. The molecule has 0 saturated carbocycles. The van der Waals surface area contributed by atoms with E-state index in [1.807, 2.05) is 48.5 Å². The zero-order valence-corrected chi connectivity index (χ0v) is 21.4. The monoisotopic (exact) mass is 520 g/mol. The van der Waals surface area contributed by atoms with Crippen molar-refractivity contribution in [3.05, 3.63) is 89.9 Å². The predicted molar refractivity (Wildman–Crippen MR) is 122 cm³/mol. The van der Waals surface area contributed by atoms with Crippen LogP contribution in [-0.4, -0.2) is 30.3 Å². The van der Waals surface area contributed by atoms with Crippen LogP contribution in [0.1, 0.15) is 5.56 Å². The fraction of sp³-hybridized carbons (Fsp3) is 0.120. The van der Waals surface area contributed by atoms with Gasteiger partial charge in [0.15, 0.2) is 0 Å². The second-order valence-electron chi connectivity index (χ2n) is 6.42. The first-order chi connectivity index (χ1) is 15.1. The number of benzene rings is 3. The van der Waals surface area contributed by atoms with Gasteiger partial charge in [-0.1, -0.05) is 46.0 Å². The Hall–Kier alpha value is -2.54.